The summed E-state index contributed by atoms with van der Waals surface area (Å²) in [5.74, 6) is 0. The van der Waals surface area contributed by atoms with Crippen LogP contribution in [0.1, 0.15) is 20.8 Å². The van der Waals surface area contributed by atoms with Crippen LogP contribution in [0.5, 0.6) is 0 Å². The quantitative estimate of drug-likeness (QED) is 0.739. The number of hydrogen-bond acceptors (Lipinski definition) is 6. The van der Waals surface area contributed by atoms with Crippen molar-refractivity contribution in [3.63, 3.8) is 0 Å². The van der Waals surface area contributed by atoms with Gasteiger partial charge >= 0.3 is 0 Å². The van der Waals surface area contributed by atoms with Gasteiger partial charge in [-0.2, -0.15) is 0 Å². The Morgan fingerprint density at radius 3 is 2.00 bits per heavy atom. The van der Waals surface area contributed by atoms with Crippen molar-refractivity contribution >= 4 is 8.32 Å². The molecule has 0 radical (unpaired) electrons. The van der Waals surface area contributed by atoms with Gasteiger partial charge in [0.05, 0.1) is 6.61 Å². The highest BCUT2D eigenvalue weighted by molar-refractivity contribution is 6.74. The molecule has 2 N–H and O–H groups in total. The molecular formula is C14H30O6Si. The van der Waals surface area contributed by atoms with E-state index in [0.717, 1.165) is 0 Å². The maximum atomic E-state index is 10.3. The average molecular weight is 322 g/mol. The molecule has 0 aromatic rings. The van der Waals surface area contributed by atoms with Crippen LogP contribution in [-0.2, 0) is 18.6 Å². The van der Waals surface area contributed by atoms with Gasteiger partial charge in [0, 0.05) is 14.2 Å². The third-order valence-corrected chi connectivity index (χ3v) is 9.10. The summed E-state index contributed by atoms with van der Waals surface area (Å²) in [6.07, 6.45) is -4.05. The zero-order chi connectivity index (χ0) is 16.4. The van der Waals surface area contributed by atoms with E-state index < -0.39 is 39.0 Å². The lowest BCUT2D eigenvalue weighted by atomic mass is 9.99. The normalized spacial score (nSPS) is 35.0. The van der Waals surface area contributed by atoms with E-state index in [1.807, 2.05) is 0 Å². The second kappa shape index (κ2) is 7.04. The van der Waals surface area contributed by atoms with Gasteiger partial charge in [0.1, 0.15) is 24.4 Å². The molecule has 126 valence electrons. The largest absolute Gasteiger partial charge is 0.414 e. The van der Waals surface area contributed by atoms with Crippen LogP contribution in [0.15, 0.2) is 0 Å². The Kier molecular flexibility index (Phi) is 6.37. The van der Waals surface area contributed by atoms with Crippen molar-refractivity contribution in [3.05, 3.63) is 0 Å². The van der Waals surface area contributed by atoms with Crippen molar-refractivity contribution in [3.8, 4) is 0 Å². The molecule has 0 spiro atoms. The third kappa shape index (κ3) is 4.25. The minimum Gasteiger partial charge on any atom is -0.414 e. The summed E-state index contributed by atoms with van der Waals surface area (Å²) < 4.78 is 21.9. The van der Waals surface area contributed by atoms with Crippen LogP contribution < -0.4 is 0 Å². The number of methoxy groups -OCH3 is 2. The van der Waals surface area contributed by atoms with Gasteiger partial charge in [-0.05, 0) is 18.1 Å². The molecule has 0 saturated carbocycles. The van der Waals surface area contributed by atoms with Crippen LogP contribution >= 0.6 is 0 Å². The molecule has 1 aliphatic heterocycles. The maximum absolute atomic E-state index is 10.3. The highest BCUT2D eigenvalue weighted by Crippen LogP contribution is 2.37. The summed E-state index contributed by atoms with van der Waals surface area (Å²) in [5.41, 5.74) is 0. The van der Waals surface area contributed by atoms with Crippen molar-refractivity contribution in [2.24, 2.45) is 0 Å². The van der Waals surface area contributed by atoms with Gasteiger partial charge in [-0.3, -0.25) is 0 Å². The number of aliphatic hydroxyl groups is 2. The summed E-state index contributed by atoms with van der Waals surface area (Å²) in [6.45, 7) is 10.9. The average Bonchev–Trinajstić information content (AvgIpc) is 2.37. The Morgan fingerprint density at radius 1 is 1.05 bits per heavy atom. The first-order valence-corrected chi connectivity index (χ1v) is 10.2. The first-order valence-electron chi connectivity index (χ1n) is 7.26. The van der Waals surface area contributed by atoms with E-state index in [1.165, 1.54) is 14.2 Å². The fraction of sp³-hybridized carbons (Fsp3) is 1.00. The summed E-state index contributed by atoms with van der Waals surface area (Å²) in [4.78, 5) is 0. The fourth-order valence-electron chi connectivity index (χ4n) is 2.07. The maximum Gasteiger partial charge on any atom is 0.192 e. The molecule has 7 heteroatoms. The highest BCUT2D eigenvalue weighted by atomic mass is 28.4. The number of rotatable bonds is 5. The SMILES string of the molecule is CO[C@H]1[C@H](O)[C@@H](CO[Si](C)(C)C(C)(C)C)OC(O)[C@@H]1OC. The predicted octanol–water partition coefficient (Wildman–Crippen LogP) is 1.12. The van der Waals surface area contributed by atoms with Crippen molar-refractivity contribution in [2.45, 2.75) is 69.6 Å². The molecule has 1 aliphatic rings. The molecule has 0 aromatic carbocycles. The summed E-state index contributed by atoms with van der Waals surface area (Å²) in [5, 5.41) is 20.4. The van der Waals surface area contributed by atoms with Gasteiger partial charge < -0.3 is 28.8 Å². The predicted molar refractivity (Wildman–Crippen MR) is 81.6 cm³/mol. The van der Waals surface area contributed by atoms with Crippen LogP contribution in [0.3, 0.4) is 0 Å². The minimum absolute atomic E-state index is 0.0704. The third-order valence-electron chi connectivity index (χ3n) is 4.60. The van der Waals surface area contributed by atoms with Crippen LogP contribution in [0, 0.1) is 0 Å². The smallest absolute Gasteiger partial charge is 0.192 e. The van der Waals surface area contributed by atoms with Crippen molar-refractivity contribution in [2.75, 3.05) is 20.8 Å². The van der Waals surface area contributed by atoms with E-state index in [-0.39, 0.29) is 11.6 Å². The molecule has 5 atom stereocenters. The van der Waals surface area contributed by atoms with E-state index in [1.54, 1.807) is 0 Å². The molecule has 0 amide bonds. The van der Waals surface area contributed by atoms with Gasteiger partial charge in [0.15, 0.2) is 14.6 Å². The monoisotopic (exact) mass is 322 g/mol. The lowest BCUT2D eigenvalue weighted by Crippen LogP contribution is -2.60. The van der Waals surface area contributed by atoms with E-state index >= 15 is 0 Å². The van der Waals surface area contributed by atoms with Gasteiger partial charge in [-0.1, -0.05) is 20.8 Å². The van der Waals surface area contributed by atoms with Crippen molar-refractivity contribution in [1.29, 1.82) is 0 Å². The molecule has 1 heterocycles. The van der Waals surface area contributed by atoms with E-state index in [0.29, 0.717) is 0 Å². The first kappa shape index (κ1) is 19.0. The molecule has 0 aliphatic carbocycles. The second-order valence-electron chi connectivity index (χ2n) is 7.03. The van der Waals surface area contributed by atoms with E-state index in [2.05, 4.69) is 33.9 Å². The second-order valence-corrected chi connectivity index (χ2v) is 11.8. The number of aliphatic hydroxyl groups excluding tert-OH is 2. The molecule has 21 heavy (non-hydrogen) atoms. The van der Waals surface area contributed by atoms with Crippen molar-refractivity contribution < 1.29 is 28.8 Å². The Morgan fingerprint density at radius 2 is 1.57 bits per heavy atom. The lowest BCUT2D eigenvalue weighted by molar-refractivity contribution is -0.295. The fourth-order valence-corrected chi connectivity index (χ4v) is 3.09. The van der Waals surface area contributed by atoms with Gasteiger partial charge in [-0.15, -0.1) is 0 Å². The van der Waals surface area contributed by atoms with Gasteiger partial charge in [-0.25, -0.2) is 0 Å². The minimum atomic E-state index is -1.94. The molecule has 1 saturated heterocycles. The summed E-state index contributed by atoms with van der Waals surface area (Å²) in [6, 6.07) is 0. The molecule has 0 aromatic heterocycles. The Balaban J connectivity index is 2.72. The first-order chi connectivity index (χ1) is 9.55. The van der Waals surface area contributed by atoms with Crippen LogP contribution in [-0.4, -0.2) is 70.1 Å². The number of ether oxygens (including phenoxy) is 3. The molecule has 0 bridgehead atoms. The zero-order valence-electron chi connectivity index (χ0n) is 14.1. The van der Waals surface area contributed by atoms with E-state index in [9.17, 15) is 10.2 Å². The molecule has 6 nitrogen and oxygen atoms in total. The van der Waals surface area contributed by atoms with Crippen molar-refractivity contribution in [1.82, 2.24) is 0 Å². The Hall–Kier alpha value is -0.0231. The van der Waals surface area contributed by atoms with Gasteiger partial charge in [0.2, 0.25) is 0 Å². The Bertz CT molecular complexity index is 330. The summed E-state index contributed by atoms with van der Waals surface area (Å²) >= 11 is 0. The summed E-state index contributed by atoms with van der Waals surface area (Å²) in [7, 11) is 0.980. The molecule has 1 unspecified atom stereocenters. The van der Waals surface area contributed by atoms with E-state index in [4.69, 9.17) is 18.6 Å². The zero-order valence-corrected chi connectivity index (χ0v) is 15.1. The topological polar surface area (TPSA) is 77.4 Å². The van der Waals surface area contributed by atoms with Gasteiger partial charge in [0.25, 0.3) is 0 Å². The molecule has 1 fully saturated rings. The van der Waals surface area contributed by atoms with Crippen LogP contribution in [0.2, 0.25) is 18.1 Å². The molecular weight excluding hydrogens is 292 g/mol. The Labute approximate surface area is 128 Å². The lowest BCUT2D eigenvalue weighted by Gasteiger charge is -2.43. The van der Waals surface area contributed by atoms with Crippen LogP contribution in [0.25, 0.3) is 0 Å². The standard InChI is InChI=1S/C14H30O6Si/c1-14(2,3)21(6,7)19-8-9-10(15)11(17-4)12(18-5)13(16)20-9/h9-13,15-16H,8H2,1-7H3/t9-,10-,11+,12-,13?/m1/s1. The van der Waals surface area contributed by atoms with Crippen LogP contribution in [0.4, 0.5) is 0 Å². The number of hydrogen-bond donors (Lipinski definition) is 2. The highest BCUT2D eigenvalue weighted by Gasteiger charge is 2.46. The molecule has 1 rings (SSSR count).